The van der Waals surface area contributed by atoms with Crippen LogP contribution in [0, 0.1) is 5.92 Å². The molecule has 1 fully saturated rings. The number of thioether (sulfide) groups is 1. The highest BCUT2D eigenvalue weighted by molar-refractivity contribution is 8.00. The largest absolute Gasteiger partial charge is 0.369 e. The first-order valence-electron chi connectivity index (χ1n) is 9.97. The molecule has 2 aliphatic heterocycles. The summed E-state index contributed by atoms with van der Waals surface area (Å²) in [6.45, 7) is 2.17. The predicted molar refractivity (Wildman–Crippen MR) is 117 cm³/mol. The molecular formula is C22H24N4O3S. The second-order valence-corrected chi connectivity index (χ2v) is 8.65. The molecule has 2 aromatic rings. The third kappa shape index (κ3) is 4.66. The first kappa shape index (κ1) is 20.4. The van der Waals surface area contributed by atoms with Crippen molar-refractivity contribution in [3.8, 4) is 0 Å². The van der Waals surface area contributed by atoms with E-state index in [0.29, 0.717) is 30.1 Å². The Bertz CT molecular complexity index is 994. The van der Waals surface area contributed by atoms with Crippen LogP contribution in [0.3, 0.4) is 0 Å². The van der Waals surface area contributed by atoms with Crippen LogP contribution in [0.15, 0.2) is 47.4 Å². The monoisotopic (exact) mass is 424 g/mol. The minimum Gasteiger partial charge on any atom is -0.369 e. The molecule has 4 rings (SSSR count). The van der Waals surface area contributed by atoms with Crippen LogP contribution in [-0.2, 0) is 16.1 Å². The van der Waals surface area contributed by atoms with Gasteiger partial charge in [0.15, 0.2) is 0 Å². The van der Waals surface area contributed by atoms with Crippen LogP contribution in [0.4, 0.5) is 11.4 Å². The molecule has 1 saturated heterocycles. The third-order valence-electron chi connectivity index (χ3n) is 5.44. The second kappa shape index (κ2) is 8.89. The van der Waals surface area contributed by atoms with Gasteiger partial charge in [0, 0.05) is 29.2 Å². The SMILES string of the molecule is NC(=O)C1CCCN(Cc2ccccc2NC(=O)c2ccc3c(c2)NC(=O)CS3)C1. The van der Waals surface area contributed by atoms with Crippen molar-refractivity contribution in [3.05, 3.63) is 53.6 Å². The minimum atomic E-state index is -0.251. The molecule has 0 aliphatic carbocycles. The molecule has 3 amide bonds. The van der Waals surface area contributed by atoms with Gasteiger partial charge in [0.25, 0.3) is 5.91 Å². The van der Waals surface area contributed by atoms with Gasteiger partial charge in [-0.3, -0.25) is 19.3 Å². The quantitative estimate of drug-likeness (QED) is 0.685. The average Bonchev–Trinajstić information content (AvgIpc) is 2.74. The molecule has 2 heterocycles. The van der Waals surface area contributed by atoms with E-state index in [1.165, 1.54) is 11.8 Å². The average molecular weight is 425 g/mol. The molecule has 0 bridgehead atoms. The molecule has 8 heteroatoms. The van der Waals surface area contributed by atoms with Gasteiger partial charge in [-0.25, -0.2) is 0 Å². The lowest BCUT2D eigenvalue weighted by atomic mass is 9.97. The number of para-hydroxylation sites is 1. The van der Waals surface area contributed by atoms with E-state index in [4.69, 9.17) is 5.73 Å². The number of fused-ring (bicyclic) bond motifs is 1. The fourth-order valence-corrected chi connectivity index (χ4v) is 4.66. The highest BCUT2D eigenvalue weighted by Crippen LogP contribution is 2.32. The van der Waals surface area contributed by atoms with Crippen LogP contribution in [0.25, 0.3) is 0 Å². The smallest absolute Gasteiger partial charge is 0.255 e. The summed E-state index contributed by atoms with van der Waals surface area (Å²) in [7, 11) is 0. The van der Waals surface area contributed by atoms with E-state index >= 15 is 0 Å². The van der Waals surface area contributed by atoms with Crippen LogP contribution in [0.1, 0.15) is 28.8 Å². The fourth-order valence-electron chi connectivity index (χ4n) is 3.87. The Hall–Kier alpha value is -2.84. The topological polar surface area (TPSA) is 105 Å². The zero-order valence-electron chi connectivity index (χ0n) is 16.5. The van der Waals surface area contributed by atoms with E-state index in [2.05, 4.69) is 15.5 Å². The molecule has 0 spiro atoms. The molecule has 0 aromatic heterocycles. The van der Waals surface area contributed by atoms with Crippen molar-refractivity contribution in [2.45, 2.75) is 24.3 Å². The molecule has 0 saturated carbocycles. The number of hydrogen-bond donors (Lipinski definition) is 3. The molecule has 2 aliphatic rings. The Labute approximate surface area is 179 Å². The summed E-state index contributed by atoms with van der Waals surface area (Å²) in [4.78, 5) is 39.2. The Morgan fingerprint density at radius 1 is 1.23 bits per heavy atom. The summed E-state index contributed by atoms with van der Waals surface area (Å²) < 4.78 is 0. The standard InChI is InChI=1S/C22H24N4O3S/c23-21(28)16-5-3-9-26(12-16)11-15-4-1-2-6-17(15)25-22(29)14-7-8-19-18(10-14)24-20(27)13-30-19/h1-2,4,6-8,10,16H,3,5,9,11-13H2,(H2,23,28)(H,24,27)(H,25,29). The third-order valence-corrected chi connectivity index (χ3v) is 6.52. The van der Waals surface area contributed by atoms with Crippen molar-refractivity contribution < 1.29 is 14.4 Å². The van der Waals surface area contributed by atoms with Crippen molar-refractivity contribution in [1.82, 2.24) is 4.90 Å². The number of piperidine rings is 1. The summed E-state index contributed by atoms with van der Waals surface area (Å²) >= 11 is 1.46. The van der Waals surface area contributed by atoms with Crippen LogP contribution >= 0.6 is 11.8 Å². The van der Waals surface area contributed by atoms with E-state index in [1.807, 2.05) is 30.3 Å². The zero-order chi connectivity index (χ0) is 21.1. The number of primary amides is 1. The second-order valence-electron chi connectivity index (χ2n) is 7.64. The van der Waals surface area contributed by atoms with Crippen LogP contribution in [-0.4, -0.2) is 41.5 Å². The van der Waals surface area contributed by atoms with Gasteiger partial charge >= 0.3 is 0 Å². The summed E-state index contributed by atoms with van der Waals surface area (Å²) in [5.74, 6) is -0.281. The number of nitrogens with two attached hydrogens (primary N) is 1. The number of carbonyl (C=O) groups is 3. The number of rotatable bonds is 5. The number of nitrogens with zero attached hydrogens (tertiary/aromatic N) is 1. The predicted octanol–water partition coefficient (Wildman–Crippen LogP) is 2.68. The first-order valence-corrected chi connectivity index (χ1v) is 11.0. The van der Waals surface area contributed by atoms with Gasteiger partial charge in [0.2, 0.25) is 11.8 Å². The Morgan fingerprint density at radius 2 is 2.07 bits per heavy atom. The molecule has 1 atom stereocenters. The molecule has 1 unspecified atom stereocenters. The number of anilines is 2. The van der Waals surface area contributed by atoms with Gasteiger partial charge < -0.3 is 16.4 Å². The summed E-state index contributed by atoms with van der Waals surface area (Å²) in [6.07, 6.45) is 1.76. The summed E-state index contributed by atoms with van der Waals surface area (Å²) in [5.41, 5.74) is 8.36. The van der Waals surface area contributed by atoms with Crippen LogP contribution in [0.2, 0.25) is 0 Å². The number of likely N-dealkylation sites (tertiary alicyclic amines) is 1. The highest BCUT2D eigenvalue weighted by Gasteiger charge is 2.24. The lowest BCUT2D eigenvalue weighted by molar-refractivity contribution is -0.123. The fraction of sp³-hybridized carbons (Fsp3) is 0.318. The van der Waals surface area contributed by atoms with Crippen LogP contribution < -0.4 is 16.4 Å². The van der Waals surface area contributed by atoms with Crippen molar-refractivity contribution >= 4 is 40.9 Å². The van der Waals surface area contributed by atoms with Gasteiger partial charge in [-0.1, -0.05) is 18.2 Å². The number of carbonyl (C=O) groups excluding carboxylic acids is 3. The number of hydrogen-bond acceptors (Lipinski definition) is 5. The Morgan fingerprint density at radius 3 is 2.90 bits per heavy atom. The number of amides is 3. The molecule has 7 nitrogen and oxygen atoms in total. The highest BCUT2D eigenvalue weighted by atomic mass is 32.2. The van der Waals surface area contributed by atoms with Gasteiger partial charge in [-0.2, -0.15) is 0 Å². The number of nitrogens with one attached hydrogen (secondary N) is 2. The normalized spacial score (nSPS) is 18.9. The van der Waals surface area contributed by atoms with Gasteiger partial charge in [-0.05, 0) is 49.2 Å². The lowest BCUT2D eigenvalue weighted by Crippen LogP contribution is -2.40. The summed E-state index contributed by atoms with van der Waals surface area (Å²) in [6, 6.07) is 13.0. The van der Waals surface area contributed by atoms with E-state index < -0.39 is 0 Å². The summed E-state index contributed by atoms with van der Waals surface area (Å²) in [5, 5.41) is 5.81. The zero-order valence-corrected chi connectivity index (χ0v) is 17.3. The lowest BCUT2D eigenvalue weighted by Gasteiger charge is -2.31. The molecule has 4 N–H and O–H groups in total. The number of benzene rings is 2. The molecule has 30 heavy (non-hydrogen) atoms. The van der Waals surface area contributed by atoms with E-state index in [0.717, 1.165) is 35.5 Å². The molecule has 2 aromatic carbocycles. The molecule has 156 valence electrons. The first-order chi connectivity index (χ1) is 14.5. The van der Waals surface area contributed by atoms with Gasteiger partial charge in [0.1, 0.15) is 0 Å². The maximum absolute atomic E-state index is 12.9. The van der Waals surface area contributed by atoms with Gasteiger partial charge in [-0.15, -0.1) is 11.8 Å². The molecule has 0 radical (unpaired) electrons. The van der Waals surface area contributed by atoms with Gasteiger partial charge in [0.05, 0.1) is 17.4 Å². The Balaban J connectivity index is 1.48. The van der Waals surface area contributed by atoms with E-state index in [1.54, 1.807) is 12.1 Å². The Kier molecular flexibility index (Phi) is 6.06. The van der Waals surface area contributed by atoms with E-state index in [-0.39, 0.29) is 23.6 Å². The van der Waals surface area contributed by atoms with E-state index in [9.17, 15) is 14.4 Å². The maximum Gasteiger partial charge on any atom is 0.255 e. The van der Waals surface area contributed by atoms with Crippen molar-refractivity contribution in [1.29, 1.82) is 0 Å². The van der Waals surface area contributed by atoms with Crippen molar-refractivity contribution in [2.75, 3.05) is 29.5 Å². The van der Waals surface area contributed by atoms with Crippen molar-refractivity contribution in [2.24, 2.45) is 11.7 Å². The minimum absolute atomic E-state index is 0.0637. The van der Waals surface area contributed by atoms with Crippen molar-refractivity contribution in [3.63, 3.8) is 0 Å². The van der Waals surface area contributed by atoms with Crippen LogP contribution in [0.5, 0.6) is 0 Å². The molecular weight excluding hydrogens is 400 g/mol. The maximum atomic E-state index is 12.9.